The molecule has 1 atom stereocenters. The number of benzene rings is 3. The van der Waals surface area contributed by atoms with Crippen molar-refractivity contribution in [3.8, 4) is 5.69 Å². The third kappa shape index (κ3) is 4.43. The van der Waals surface area contributed by atoms with E-state index in [-0.39, 0.29) is 5.56 Å². The summed E-state index contributed by atoms with van der Waals surface area (Å²) in [5.41, 5.74) is 5.92. The van der Waals surface area contributed by atoms with Crippen LogP contribution in [0.5, 0.6) is 0 Å². The molecule has 36 heavy (non-hydrogen) atoms. The Hall–Kier alpha value is -4.15. The molecule has 178 valence electrons. The highest BCUT2D eigenvalue weighted by molar-refractivity contribution is 7.27. The largest absolute Gasteiger partial charge is 0.364 e. The van der Waals surface area contributed by atoms with E-state index < -0.39 is 0 Å². The van der Waals surface area contributed by atoms with Crippen molar-refractivity contribution in [1.82, 2.24) is 14.5 Å². The Kier molecular flexibility index (Phi) is 6.45. The van der Waals surface area contributed by atoms with Crippen molar-refractivity contribution in [3.63, 3.8) is 0 Å². The van der Waals surface area contributed by atoms with E-state index in [4.69, 9.17) is 5.41 Å². The summed E-state index contributed by atoms with van der Waals surface area (Å²) in [7, 11) is 2.60. The minimum absolute atomic E-state index is 0.0595. The molecule has 0 spiro atoms. The molecule has 6 nitrogen and oxygen atoms in total. The molecule has 1 unspecified atom stereocenters. The van der Waals surface area contributed by atoms with Crippen molar-refractivity contribution >= 4 is 37.0 Å². The molecule has 0 amide bonds. The highest BCUT2D eigenvalue weighted by atomic mass is 31.0. The zero-order valence-corrected chi connectivity index (χ0v) is 21.3. The van der Waals surface area contributed by atoms with E-state index in [0.29, 0.717) is 34.5 Å². The van der Waals surface area contributed by atoms with Gasteiger partial charge in [-0.15, -0.1) is 0 Å². The first-order chi connectivity index (χ1) is 17.4. The van der Waals surface area contributed by atoms with Crippen LogP contribution in [0, 0.1) is 19.3 Å². The lowest BCUT2D eigenvalue weighted by Gasteiger charge is -2.18. The molecule has 0 bridgehead atoms. The van der Waals surface area contributed by atoms with Crippen LogP contribution >= 0.6 is 9.24 Å². The van der Waals surface area contributed by atoms with Gasteiger partial charge in [0.05, 0.1) is 28.6 Å². The number of para-hydroxylation sites is 1. The molecule has 0 fully saturated rings. The van der Waals surface area contributed by atoms with E-state index in [1.807, 2.05) is 92.7 Å². The number of aromatic nitrogens is 3. The fourth-order valence-corrected chi connectivity index (χ4v) is 4.83. The molecule has 3 aromatic carbocycles. The monoisotopic (exact) mass is 491 g/mol. The molecular formula is C29H26N5OP. The number of hydrogen-bond acceptors (Lipinski definition) is 5. The highest BCUT2D eigenvalue weighted by Gasteiger charge is 2.17. The van der Waals surface area contributed by atoms with Crippen LogP contribution in [0.15, 0.2) is 90.0 Å². The molecule has 0 aliphatic rings. The van der Waals surface area contributed by atoms with Gasteiger partial charge in [0.1, 0.15) is 12.1 Å². The van der Waals surface area contributed by atoms with Gasteiger partial charge in [0.25, 0.3) is 5.56 Å². The summed E-state index contributed by atoms with van der Waals surface area (Å²) in [5.74, 6) is 0.540. The van der Waals surface area contributed by atoms with Gasteiger partial charge in [-0.25, -0.2) is 9.97 Å². The van der Waals surface area contributed by atoms with E-state index in [1.54, 1.807) is 4.57 Å². The van der Waals surface area contributed by atoms with Gasteiger partial charge in [-0.05, 0) is 49.1 Å². The third-order valence-electron chi connectivity index (χ3n) is 6.22. The highest BCUT2D eigenvalue weighted by Crippen LogP contribution is 2.22. The average Bonchev–Trinajstić information content (AvgIpc) is 2.87. The number of pyridine rings is 1. The van der Waals surface area contributed by atoms with E-state index >= 15 is 0 Å². The molecule has 0 saturated heterocycles. The molecule has 7 heteroatoms. The maximum absolute atomic E-state index is 13.7. The molecule has 0 aliphatic heterocycles. The van der Waals surface area contributed by atoms with Crippen LogP contribution in [0.1, 0.15) is 27.9 Å². The Labute approximate surface area is 211 Å². The predicted octanol–water partition coefficient (Wildman–Crippen LogP) is 4.93. The van der Waals surface area contributed by atoms with Gasteiger partial charge in [-0.3, -0.25) is 14.8 Å². The van der Waals surface area contributed by atoms with Gasteiger partial charge in [0.15, 0.2) is 0 Å². The fraction of sp³-hybridized carbons (Fsp3) is 0.103. The normalized spacial score (nSPS) is 11.0. The second-order valence-electron chi connectivity index (χ2n) is 8.73. The smallest absolute Gasteiger partial charge is 0.263 e. The Bertz CT molecular complexity index is 1660. The van der Waals surface area contributed by atoms with E-state index in [1.165, 1.54) is 6.33 Å². The summed E-state index contributed by atoms with van der Waals surface area (Å²) in [5, 5.41) is 13.9. The summed E-state index contributed by atoms with van der Waals surface area (Å²) in [6, 6.07) is 25.4. The fourth-order valence-electron chi connectivity index (χ4n) is 4.48. The number of anilines is 1. The van der Waals surface area contributed by atoms with Crippen LogP contribution < -0.4 is 16.3 Å². The molecule has 2 aromatic heterocycles. The SMILES string of the molecule is Cc1cccc(C(=N)c2c(P)ncnc2NCc2cc3cccc(C)c3c(=O)n2-c2ccccc2)c1. The standard InChI is InChI=1S/C29H26N5OP/c1-18-8-6-11-21(14-18)26(30)25-27(32-17-33-28(25)36)31-16-23-15-20-10-7-9-19(2)24(20)29(35)34(23)22-12-4-3-5-13-22/h3-15,17,30H,16,36H2,1-2H3,(H,31,32,33). The average molecular weight is 492 g/mol. The van der Waals surface area contributed by atoms with Crippen molar-refractivity contribution in [1.29, 1.82) is 5.41 Å². The topological polar surface area (TPSA) is 83.7 Å². The number of hydrogen-bond donors (Lipinski definition) is 2. The number of nitrogens with one attached hydrogen (secondary N) is 2. The molecule has 5 aromatic rings. The van der Waals surface area contributed by atoms with E-state index in [0.717, 1.165) is 33.5 Å². The zero-order valence-electron chi connectivity index (χ0n) is 20.1. The molecule has 0 radical (unpaired) electrons. The summed E-state index contributed by atoms with van der Waals surface area (Å²) in [4.78, 5) is 22.5. The number of fused-ring (bicyclic) bond motifs is 1. The quantitative estimate of drug-likeness (QED) is 0.261. The molecular weight excluding hydrogens is 465 g/mol. The van der Waals surface area contributed by atoms with Crippen molar-refractivity contribution in [2.24, 2.45) is 0 Å². The van der Waals surface area contributed by atoms with Crippen LogP contribution in [0.3, 0.4) is 0 Å². The van der Waals surface area contributed by atoms with Crippen molar-refractivity contribution < 1.29 is 0 Å². The Balaban J connectivity index is 1.59. The first-order valence-corrected chi connectivity index (χ1v) is 12.2. The van der Waals surface area contributed by atoms with Crippen LogP contribution in [-0.4, -0.2) is 20.2 Å². The van der Waals surface area contributed by atoms with Gasteiger partial charge >= 0.3 is 0 Å². The van der Waals surface area contributed by atoms with E-state index in [2.05, 4.69) is 24.5 Å². The first kappa shape index (κ1) is 23.6. The van der Waals surface area contributed by atoms with Crippen molar-refractivity contribution in [3.05, 3.63) is 123 Å². The molecule has 2 heterocycles. The van der Waals surface area contributed by atoms with Gasteiger partial charge in [-0.1, -0.05) is 69.4 Å². The lowest BCUT2D eigenvalue weighted by atomic mass is 10.0. The zero-order chi connectivity index (χ0) is 25.2. The first-order valence-electron chi connectivity index (χ1n) is 11.6. The predicted molar refractivity (Wildman–Crippen MR) is 150 cm³/mol. The maximum Gasteiger partial charge on any atom is 0.263 e. The van der Waals surface area contributed by atoms with Crippen LogP contribution in [0.25, 0.3) is 16.5 Å². The lowest BCUT2D eigenvalue weighted by Crippen LogP contribution is -2.25. The molecule has 0 saturated carbocycles. The Morgan fingerprint density at radius 2 is 1.75 bits per heavy atom. The summed E-state index contributed by atoms with van der Waals surface area (Å²) < 4.78 is 1.75. The van der Waals surface area contributed by atoms with Crippen LogP contribution in [0.2, 0.25) is 0 Å². The third-order valence-corrected chi connectivity index (χ3v) is 6.65. The van der Waals surface area contributed by atoms with Crippen LogP contribution in [-0.2, 0) is 6.54 Å². The number of rotatable bonds is 6. The minimum Gasteiger partial charge on any atom is -0.364 e. The van der Waals surface area contributed by atoms with E-state index in [9.17, 15) is 4.79 Å². The second-order valence-corrected chi connectivity index (χ2v) is 9.28. The molecule has 5 rings (SSSR count). The van der Waals surface area contributed by atoms with Gasteiger partial charge in [-0.2, -0.15) is 0 Å². The van der Waals surface area contributed by atoms with Gasteiger partial charge in [0.2, 0.25) is 0 Å². The lowest BCUT2D eigenvalue weighted by molar-refractivity contribution is 0.889. The Morgan fingerprint density at radius 3 is 2.53 bits per heavy atom. The van der Waals surface area contributed by atoms with Crippen LogP contribution in [0.4, 0.5) is 5.82 Å². The summed E-state index contributed by atoms with van der Waals surface area (Å²) in [6.45, 7) is 4.30. The maximum atomic E-state index is 13.7. The second kappa shape index (κ2) is 9.84. The summed E-state index contributed by atoms with van der Waals surface area (Å²) >= 11 is 0. The number of nitrogens with zero attached hydrogens (tertiary/aromatic N) is 3. The minimum atomic E-state index is -0.0595. The van der Waals surface area contributed by atoms with Crippen molar-refractivity contribution in [2.75, 3.05) is 5.32 Å². The van der Waals surface area contributed by atoms with Gasteiger partial charge in [0, 0.05) is 16.9 Å². The van der Waals surface area contributed by atoms with Gasteiger partial charge < -0.3 is 5.32 Å². The number of aryl methyl sites for hydroxylation is 2. The van der Waals surface area contributed by atoms with Crippen molar-refractivity contribution in [2.45, 2.75) is 20.4 Å². The Morgan fingerprint density at radius 1 is 0.972 bits per heavy atom. The molecule has 2 N–H and O–H groups in total. The molecule has 0 aliphatic carbocycles. The summed E-state index contributed by atoms with van der Waals surface area (Å²) in [6.07, 6.45) is 1.48.